The van der Waals surface area contributed by atoms with Crippen LogP contribution in [0.5, 0.6) is 23.0 Å². The number of fused-ring (bicyclic) bond motifs is 1. The van der Waals surface area contributed by atoms with Gasteiger partial charge in [-0.25, -0.2) is 0 Å². The maximum absolute atomic E-state index is 10.1. The summed E-state index contributed by atoms with van der Waals surface area (Å²) in [6.07, 6.45) is 0. The molecule has 4 heteroatoms. The number of hydrogen-bond acceptors (Lipinski definition) is 4. The molecule has 1 heterocycles. The Labute approximate surface area is 165 Å². The van der Waals surface area contributed by atoms with Gasteiger partial charge in [-0.1, -0.05) is 24.3 Å². The van der Waals surface area contributed by atoms with E-state index in [1.54, 1.807) is 31.4 Å². The second-order valence-corrected chi connectivity index (χ2v) is 7.41. The van der Waals surface area contributed by atoms with Gasteiger partial charge >= 0.3 is 0 Å². The maximum Gasteiger partial charge on any atom is 0.126 e. The lowest BCUT2D eigenvalue weighted by atomic mass is 9.74. The van der Waals surface area contributed by atoms with Gasteiger partial charge in [0.15, 0.2) is 0 Å². The van der Waals surface area contributed by atoms with Crippen molar-refractivity contribution in [3.8, 4) is 23.0 Å². The number of phenolic OH excluding ortho intramolecular Hbond substituents is 2. The Balaban J connectivity index is 1.94. The van der Waals surface area contributed by atoms with Gasteiger partial charge in [0, 0.05) is 29.0 Å². The zero-order valence-corrected chi connectivity index (χ0v) is 16.3. The average molecular weight is 376 g/mol. The smallest absolute Gasteiger partial charge is 0.126 e. The van der Waals surface area contributed by atoms with Crippen molar-refractivity contribution in [1.82, 2.24) is 0 Å². The summed E-state index contributed by atoms with van der Waals surface area (Å²) in [5.41, 5.74) is 5.35. The number of rotatable bonds is 3. The van der Waals surface area contributed by atoms with Crippen LogP contribution in [0, 0.1) is 13.8 Å². The molecule has 28 heavy (non-hydrogen) atoms. The highest BCUT2D eigenvalue weighted by Gasteiger charge is 2.36. The monoisotopic (exact) mass is 376 g/mol. The van der Waals surface area contributed by atoms with Gasteiger partial charge < -0.3 is 19.7 Å². The second kappa shape index (κ2) is 7.12. The number of benzene rings is 3. The third kappa shape index (κ3) is 3.15. The quantitative estimate of drug-likeness (QED) is 0.673. The van der Waals surface area contributed by atoms with E-state index >= 15 is 0 Å². The molecule has 0 radical (unpaired) electrons. The van der Waals surface area contributed by atoms with Gasteiger partial charge in [-0.15, -0.1) is 0 Å². The van der Waals surface area contributed by atoms with E-state index < -0.39 is 0 Å². The van der Waals surface area contributed by atoms with Crippen LogP contribution in [0.2, 0.25) is 0 Å². The summed E-state index contributed by atoms with van der Waals surface area (Å²) in [5, 5.41) is 19.8. The van der Waals surface area contributed by atoms with Crippen LogP contribution in [0.3, 0.4) is 0 Å². The van der Waals surface area contributed by atoms with Crippen LogP contribution >= 0.6 is 0 Å². The number of phenols is 2. The van der Waals surface area contributed by atoms with Crippen molar-refractivity contribution >= 4 is 0 Å². The third-order valence-electron chi connectivity index (χ3n) is 5.51. The average Bonchev–Trinajstić information content (AvgIpc) is 2.67. The summed E-state index contributed by atoms with van der Waals surface area (Å²) in [4.78, 5) is 0. The van der Waals surface area contributed by atoms with Crippen molar-refractivity contribution in [2.75, 3.05) is 13.7 Å². The molecule has 3 aromatic carbocycles. The largest absolute Gasteiger partial charge is 0.508 e. The molecular weight excluding hydrogens is 352 g/mol. The van der Waals surface area contributed by atoms with Crippen molar-refractivity contribution in [2.24, 2.45) is 0 Å². The second-order valence-electron chi connectivity index (χ2n) is 7.41. The van der Waals surface area contributed by atoms with E-state index in [1.165, 1.54) is 0 Å². The van der Waals surface area contributed by atoms with E-state index in [4.69, 9.17) is 9.47 Å². The van der Waals surface area contributed by atoms with Crippen LogP contribution in [0.15, 0.2) is 54.6 Å². The summed E-state index contributed by atoms with van der Waals surface area (Å²) in [6, 6.07) is 17.0. The van der Waals surface area contributed by atoms with Crippen molar-refractivity contribution < 1.29 is 19.7 Å². The zero-order valence-electron chi connectivity index (χ0n) is 16.3. The van der Waals surface area contributed by atoms with Crippen molar-refractivity contribution in [1.29, 1.82) is 0 Å². The molecule has 144 valence electrons. The van der Waals surface area contributed by atoms with E-state index in [2.05, 4.69) is 25.1 Å². The minimum Gasteiger partial charge on any atom is -0.508 e. The molecule has 1 aliphatic rings. The molecule has 0 aromatic heterocycles. The highest BCUT2D eigenvalue weighted by molar-refractivity contribution is 5.56. The standard InChI is InChI=1S/C24H24O4/c1-14-4-9-19-21(10-14)28-13-20(16-5-7-17(25)8-6-16)24(19)23-15(2)11-18(26)12-22(23)27-3/h4-12,20,24-26H,13H2,1-3H3. The molecule has 2 N–H and O–H groups in total. The molecule has 3 aromatic rings. The Morgan fingerprint density at radius 1 is 0.929 bits per heavy atom. The predicted molar refractivity (Wildman–Crippen MR) is 109 cm³/mol. The van der Waals surface area contributed by atoms with Crippen LogP contribution in [0.1, 0.15) is 39.7 Å². The van der Waals surface area contributed by atoms with Gasteiger partial charge in [-0.2, -0.15) is 0 Å². The zero-order chi connectivity index (χ0) is 19.8. The highest BCUT2D eigenvalue weighted by atomic mass is 16.5. The molecule has 0 fully saturated rings. The topological polar surface area (TPSA) is 58.9 Å². The molecule has 2 unspecified atom stereocenters. The number of aromatic hydroxyl groups is 2. The molecule has 4 rings (SSSR count). The first-order chi connectivity index (χ1) is 13.5. The predicted octanol–water partition coefficient (Wildman–Crippen LogP) is 5.03. The summed E-state index contributed by atoms with van der Waals surface area (Å²) in [6.45, 7) is 4.57. The van der Waals surface area contributed by atoms with E-state index in [-0.39, 0.29) is 23.3 Å². The Morgan fingerprint density at radius 3 is 2.39 bits per heavy atom. The van der Waals surface area contributed by atoms with E-state index in [1.807, 2.05) is 19.1 Å². The van der Waals surface area contributed by atoms with Gasteiger partial charge in [0.25, 0.3) is 0 Å². The lowest BCUT2D eigenvalue weighted by Gasteiger charge is -2.36. The lowest BCUT2D eigenvalue weighted by Crippen LogP contribution is -2.26. The molecule has 2 atom stereocenters. The van der Waals surface area contributed by atoms with Gasteiger partial charge in [0.2, 0.25) is 0 Å². The highest BCUT2D eigenvalue weighted by Crippen LogP contribution is 2.50. The van der Waals surface area contributed by atoms with Gasteiger partial charge in [-0.3, -0.25) is 0 Å². The summed E-state index contributed by atoms with van der Waals surface area (Å²) < 4.78 is 11.8. The van der Waals surface area contributed by atoms with E-state index in [9.17, 15) is 10.2 Å². The molecule has 1 aliphatic heterocycles. The minimum atomic E-state index is 0.00411. The van der Waals surface area contributed by atoms with Gasteiger partial charge in [-0.05, 0) is 54.8 Å². The lowest BCUT2D eigenvalue weighted by molar-refractivity contribution is 0.246. The molecule has 0 saturated heterocycles. The maximum atomic E-state index is 10.1. The first kappa shape index (κ1) is 18.2. The van der Waals surface area contributed by atoms with Crippen molar-refractivity contribution in [2.45, 2.75) is 25.7 Å². The van der Waals surface area contributed by atoms with Crippen LogP contribution in [0.4, 0.5) is 0 Å². The van der Waals surface area contributed by atoms with Crippen LogP contribution in [0.25, 0.3) is 0 Å². The first-order valence-corrected chi connectivity index (χ1v) is 9.37. The van der Waals surface area contributed by atoms with Crippen molar-refractivity contribution in [3.63, 3.8) is 0 Å². The Bertz CT molecular complexity index is 1010. The number of hydrogen-bond donors (Lipinski definition) is 2. The molecule has 4 nitrogen and oxygen atoms in total. The van der Waals surface area contributed by atoms with Crippen LogP contribution in [-0.2, 0) is 0 Å². The van der Waals surface area contributed by atoms with Crippen molar-refractivity contribution in [3.05, 3.63) is 82.4 Å². The number of ether oxygens (including phenoxy) is 2. The fraction of sp³-hybridized carbons (Fsp3) is 0.250. The first-order valence-electron chi connectivity index (χ1n) is 9.37. The van der Waals surface area contributed by atoms with Crippen LogP contribution in [-0.4, -0.2) is 23.9 Å². The third-order valence-corrected chi connectivity index (χ3v) is 5.51. The molecule has 0 spiro atoms. The summed E-state index contributed by atoms with van der Waals surface area (Å²) in [7, 11) is 1.63. The number of methoxy groups -OCH3 is 1. The van der Waals surface area contributed by atoms with Gasteiger partial charge in [0.05, 0.1) is 13.7 Å². The molecule has 0 amide bonds. The Kier molecular flexibility index (Phi) is 4.63. The van der Waals surface area contributed by atoms with Gasteiger partial charge in [0.1, 0.15) is 23.0 Å². The molecule has 0 aliphatic carbocycles. The fourth-order valence-corrected chi connectivity index (χ4v) is 4.20. The summed E-state index contributed by atoms with van der Waals surface area (Å²) >= 11 is 0. The normalized spacial score (nSPS) is 18.2. The Morgan fingerprint density at radius 2 is 1.68 bits per heavy atom. The minimum absolute atomic E-state index is 0.00411. The molecule has 0 bridgehead atoms. The number of aryl methyl sites for hydroxylation is 2. The summed E-state index contributed by atoms with van der Waals surface area (Å²) in [5.74, 6) is 2.04. The Hall–Kier alpha value is -3.14. The SMILES string of the molecule is COc1cc(O)cc(C)c1C1c2ccc(C)cc2OCC1c1ccc(O)cc1. The molecular formula is C24H24O4. The molecule has 0 saturated carbocycles. The van der Waals surface area contributed by atoms with E-state index in [0.29, 0.717) is 12.4 Å². The fourth-order valence-electron chi connectivity index (χ4n) is 4.20. The van der Waals surface area contributed by atoms with Crippen LogP contribution < -0.4 is 9.47 Å². The van der Waals surface area contributed by atoms with E-state index in [0.717, 1.165) is 33.6 Å².